The van der Waals surface area contributed by atoms with Crippen molar-refractivity contribution in [2.24, 2.45) is 27.9 Å². The Morgan fingerprint density at radius 2 is 1.30 bits per heavy atom. The van der Waals surface area contributed by atoms with Gasteiger partial charge in [-0.25, -0.2) is 4.79 Å². The molecule has 13 N–H and O–H groups in total. The van der Waals surface area contributed by atoms with E-state index in [0.29, 0.717) is 5.56 Å². The van der Waals surface area contributed by atoms with Gasteiger partial charge in [-0.05, 0) is 42.5 Å². The van der Waals surface area contributed by atoms with Crippen molar-refractivity contribution in [3.8, 4) is 5.75 Å². The van der Waals surface area contributed by atoms with E-state index in [4.69, 9.17) is 22.9 Å². The topological polar surface area (TPSA) is 278 Å². The number of aliphatic imine (C=N–C) groups is 1. The lowest BCUT2D eigenvalue weighted by molar-refractivity contribution is -0.142. The SMILES string of the molecule is NC(=O)CC(NC(=O)C(CCCN=C(N)N)NC(=O)C(N)Cc1ccccc1)C(=O)NC(Cc1ccc(O)cc1)C(=O)O. The number of guanidine groups is 1. The van der Waals surface area contributed by atoms with Crippen molar-refractivity contribution in [2.45, 2.75) is 56.3 Å². The molecule has 15 heteroatoms. The molecule has 43 heavy (non-hydrogen) atoms. The Labute approximate surface area is 248 Å². The molecule has 2 aromatic carbocycles. The molecule has 4 atom stereocenters. The lowest BCUT2D eigenvalue weighted by Gasteiger charge is -2.25. The molecule has 0 fully saturated rings. The van der Waals surface area contributed by atoms with Crippen LogP contribution >= 0.6 is 0 Å². The van der Waals surface area contributed by atoms with Crippen LogP contribution in [0.25, 0.3) is 0 Å². The molecular weight excluding hydrogens is 560 g/mol. The number of benzene rings is 2. The summed E-state index contributed by atoms with van der Waals surface area (Å²) in [5.74, 6) is -4.95. The lowest BCUT2D eigenvalue weighted by Crippen LogP contribution is -2.58. The number of nitrogens with zero attached hydrogens (tertiary/aromatic N) is 1. The summed E-state index contributed by atoms with van der Waals surface area (Å²) in [6.07, 6.45) is -0.313. The number of rotatable bonds is 17. The molecule has 232 valence electrons. The van der Waals surface area contributed by atoms with Crippen LogP contribution in [0, 0.1) is 0 Å². The number of aromatic hydroxyl groups is 1. The van der Waals surface area contributed by atoms with E-state index in [2.05, 4.69) is 20.9 Å². The van der Waals surface area contributed by atoms with Crippen molar-refractivity contribution in [1.82, 2.24) is 16.0 Å². The number of hydrogen-bond acceptors (Lipinski definition) is 8. The van der Waals surface area contributed by atoms with Crippen molar-refractivity contribution in [3.63, 3.8) is 0 Å². The maximum atomic E-state index is 13.3. The summed E-state index contributed by atoms with van der Waals surface area (Å²) >= 11 is 0. The number of primary amides is 1. The zero-order valence-electron chi connectivity index (χ0n) is 23.4. The van der Waals surface area contributed by atoms with Crippen LogP contribution in [0.5, 0.6) is 5.75 Å². The molecule has 4 unspecified atom stereocenters. The summed E-state index contributed by atoms with van der Waals surface area (Å²) in [6.45, 7) is 0.140. The second-order valence-electron chi connectivity index (χ2n) is 9.81. The second kappa shape index (κ2) is 16.9. The fraction of sp³-hybridized carbons (Fsp3) is 0.357. The molecule has 0 saturated carbocycles. The number of hydrogen-bond donors (Lipinski definition) is 9. The Hall–Kier alpha value is -5.18. The van der Waals surface area contributed by atoms with Gasteiger partial charge < -0.3 is 49.1 Å². The normalized spacial score (nSPS) is 13.4. The van der Waals surface area contributed by atoms with Crippen LogP contribution in [0.2, 0.25) is 0 Å². The lowest BCUT2D eigenvalue weighted by atomic mass is 10.0. The summed E-state index contributed by atoms with van der Waals surface area (Å²) in [5.41, 5.74) is 23.4. The third-order valence-corrected chi connectivity index (χ3v) is 6.24. The first kappa shape index (κ1) is 34.0. The van der Waals surface area contributed by atoms with E-state index in [-0.39, 0.29) is 43.9 Å². The third kappa shape index (κ3) is 12.5. The number of phenols is 1. The van der Waals surface area contributed by atoms with Crippen LogP contribution in [0.3, 0.4) is 0 Å². The van der Waals surface area contributed by atoms with Crippen molar-refractivity contribution in [3.05, 3.63) is 65.7 Å². The van der Waals surface area contributed by atoms with Gasteiger partial charge in [-0.3, -0.25) is 24.2 Å². The summed E-state index contributed by atoms with van der Waals surface area (Å²) < 4.78 is 0. The minimum absolute atomic E-state index is 0.0233. The van der Waals surface area contributed by atoms with Gasteiger partial charge in [0.25, 0.3) is 0 Å². The molecule has 15 nitrogen and oxygen atoms in total. The third-order valence-electron chi connectivity index (χ3n) is 6.24. The minimum atomic E-state index is -1.55. The molecule has 2 aromatic rings. The van der Waals surface area contributed by atoms with E-state index in [1.165, 1.54) is 24.3 Å². The summed E-state index contributed by atoms with van der Waals surface area (Å²) in [7, 11) is 0. The number of carboxylic acid groups (broad SMARTS) is 1. The number of nitrogens with two attached hydrogens (primary N) is 4. The highest BCUT2D eigenvalue weighted by atomic mass is 16.4. The molecule has 0 aromatic heterocycles. The molecule has 0 aliphatic rings. The van der Waals surface area contributed by atoms with Gasteiger partial charge >= 0.3 is 5.97 Å². The largest absolute Gasteiger partial charge is 0.508 e. The number of phenolic OH excluding ortho intramolecular Hbond substituents is 1. The van der Waals surface area contributed by atoms with E-state index in [9.17, 15) is 34.2 Å². The van der Waals surface area contributed by atoms with Crippen LogP contribution in [0.1, 0.15) is 30.4 Å². The highest BCUT2D eigenvalue weighted by Crippen LogP contribution is 2.12. The molecule has 4 amide bonds. The Balaban J connectivity index is 2.17. The number of amides is 4. The highest BCUT2D eigenvalue weighted by Gasteiger charge is 2.31. The molecule has 0 bridgehead atoms. The molecule has 0 aliphatic carbocycles. The van der Waals surface area contributed by atoms with Gasteiger partial charge in [0.05, 0.1) is 12.5 Å². The molecule has 0 radical (unpaired) electrons. The summed E-state index contributed by atoms with van der Waals surface area (Å²) in [6, 6.07) is 9.49. The van der Waals surface area contributed by atoms with Gasteiger partial charge in [0.1, 0.15) is 23.9 Å². The van der Waals surface area contributed by atoms with Crippen LogP contribution in [-0.4, -0.2) is 76.5 Å². The van der Waals surface area contributed by atoms with Gasteiger partial charge in [-0.1, -0.05) is 42.5 Å². The summed E-state index contributed by atoms with van der Waals surface area (Å²) in [5, 5.41) is 26.4. The first-order valence-electron chi connectivity index (χ1n) is 13.4. The average molecular weight is 599 g/mol. The Morgan fingerprint density at radius 3 is 1.88 bits per heavy atom. The average Bonchev–Trinajstić information content (AvgIpc) is 2.94. The van der Waals surface area contributed by atoms with Crippen molar-refractivity contribution >= 4 is 35.6 Å². The van der Waals surface area contributed by atoms with E-state index in [1.54, 1.807) is 24.3 Å². The molecule has 0 spiro atoms. The van der Waals surface area contributed by atoms with Crippen molar-refractivity contribution in [1.29, 1.82) is 0 Å². The first-order chi connectivity index (χ1) is 20.3. The van der Waals surface area contributed by atoms with E-state index < -0.39 is 60.2 Å². The Kier molecular flexibility index (Phi) is 13.4. The first-order valence-corrected chi connectivity index (χ1v) is 13.4. The van der Waals surface area contributed by atoms with E-state index in [0.717, 1.165) is 5.56 Å². The minimum Gasteiger partial charge on any atom is -0.508 e. The van der Waals surface area contributed by atoms with Crippen LogP contribution in [0.4, 0.5) is 0 Å². The molecule has 0 aliphatic heterocycles. The Morgan fingerprint density at radius 1 is 0.744 bits per heavy atom. The van der Waals surface area contributed by atoms with E-state index in [1.807, 2.05) is 6.07 Å². The van der Waals surface area contributed by atoms with E-state index >= 15 is 0 Å². The number of carbonyl (C=O) groups excluding carboxylic acids is 4. The number of carboxylic acids is 1. The van der Waals surface area contributed by atoms with Crippen LogP contribution in [0.15, 0.2) is 59.6 Å². The quantitative estimate of drug-likeness (QED) is 0.0547. The molecule has 2 rings (SSSR count). The van der Waals surface area contributed by atoms with Crippen molar-refractivity contribution < 1.29 is 34.2 Å². The van der Waals surface area contributed by atoms with Gasteiger partial charge in [0.15, 0.2) is 5.96 Å². The molecule has 0 saturated heterocycles. The van der Waals surface area contributed by atoms with Gasteiger partial charge in [-0.15, -0.1) is 0 Å². The number of carbonyl (C=O) groups is 5. The van der Waals surface area contributed by atoms with Gasteiger partial charge in [0, 0.05) is 13.0 Å². The van der Waals surface area contributed by atoms with Crippen LogP contribution in [-0.2, 0) is 36.8 Å². The van der Waals surface area contributed by atoms with Crippen molar-refractivity contribution in [2.75, 3.05) is 6.54 Å². The maximum Gasteiger partial charge on any atom is 0.326 e. The number of nitrogens with one attached hydrogen (secondary N) is 3. The van der Waals surface area contributed by atoms with Gasteiger partial charge in [-0.2, -0.15) is 0 Å². The maximum absolute atomic E-state index is 13.3. The summed E-state index contributed by atoms with van der Waals surface area (Å²) in [4.78, 5) is 66.7. The Bertz CT molecular complexity index is 1280. The standard InChI is InChI=1S/C28H38N8O7/c29-19(13-16-5-2-1-3-6-16)24(39)34-20(7-4-12-33-28(31)32)25(40)35-21(15-23(30)38)26(41)36-22(27(42)43)14-17-8-10-18(37)11-9-17/h1-3,5-6,8-11,19-22,37H,4,7,12-15,29H2,(H2,30,38)(H,34,39)(H,35,40)(H,36,41)(H,42,43)(H4,31,32,33). The predicted molar refractivity (Wildman–Crippen MR) is 157 cm³/mol. The molecule has 0 heterocycles. The van der Waals surface area contributed by atoms with Crippen LogP contribution < -0.4 is 38.9 Å². The zero-order valence-corrected chi connectivity index (χ0v) is 23.4. The molecular formula is C28H38N8O7. The fourth-order valence-corrected chi connectivity index (χ4v) is 4.03. The monoisotopic (exact) mass is 598 g/mol. The highest BCUT2D eigenvalue weighted by molar-refractivity contribution is 5.96. The van der Waals surface area contributed by atoms with Gasteiger partial charge in [0.2, 0.25) is 23.6 Å². The zero-order chi connectivity index (χ0) is 31.9. The fourth-order valence-electron chi connectivity index (χ4n) is 4.03. The number of aliphatic carboxylic acids is 1. The second-order valence-corrected chi connectivity index (χ2v) is 9.81. The smallest absolute Gasteiger partial charge is 0.326 e. The predicted octanol–water partition coefficient (Wildman–Crippen LogP) is -2.03.